The van der Waals surface area contributed by atoms with Crippen LogP contribution in [0.5, 0.6) is 0 Å². The van der Waals surface area contributed by atoms with Gasteiger partial charge in [-0.15, -0.1) is 0 Å². The van der Waals surface area contributed by atoms with Crippen molar-refractivity contribution in [1.29, 1.82) is 0 Å². The van der Waals surface area contributed by atoms with Gasteiger partial charge >= 0.3 is 0 Å². The molecule has 1 aliphatic rings. The first-order valence-electron chi connectivity index (χ1n) is 17.8. The van der Waals surface area contributed by atoms with Gasteiger partial charge in [-0.3, -0.25) is 0 Å². The molecule has 244 valence electrons. The Morgan fingerprint density at radius 3 is 1.21 bits per heavy atom. The molecule has 10 rings (SSSR count). The molecular weight excluding hydrogens is 629 g/mol. The largest absolute Gasteiger partial charge is 0.306 e. The zero-order valence-corrected chi connectivity index (χ0v) is 28.5. The lowest BCUT2D eigenvalue weighted by molar-refractivity contribution is 1.18. The molecular formula is C50H34N2. The first-order valence-corrected chi connectivity index (χ1v) is 17.8. The third kappa shape index (κ3) is 5.21. The number of anilines is 6. The van der Waals surface area contributed by atoms with E-state index in [1.54, 1.807) is 0 Å². The van der Waals surface area contributed by atoms with Crippen LogP contribution >= 0.6 is 0 Å². The van der Waals surface area contributed by atoms with E-state index >= 15 is 0 Å². The summed E-state index contributed by atoms with van der Waals surface area (Å²) in [4.78, 5) is 4.91. The van der Waals surface area contributed by atoms with Crippen LogP contribution in [0.25, 0.3) is 44.0 Å². The predicted molar refractivity (Wildman–Crippen MR) is 222 cm³/mol. The minimum Gasteiger partial charge on any atom is -0.306 e. The Morgan fingerprint density at radius 1 is 0.308 bits per heavy atom. The molecule has 0 amide bonds. The van der Waals surface area contributed by atoms with E-state index in [1.165, 1.54) is 49.0 Å². The second-order valence-electron chi connectivity index (χ2n) is 13.5. The van der Waals surface area contributed by atoms with Gasteiger partial charge in [0.1, 0.15) is 0 Å². The van der Waals surface area contributed by atoms with Gasteiger partial charge in [0, 0.05) is 11.4 Å². The highest BCUT2D eigenvalue weighted by Gasteiger charge is 2.31. The Hall–Kier alpha value is -6.90. The third-order valence-corrected chi connectivity index (χ3v) is 10.3. The van der Waals surface area contributed by atoms with Crippen LogP contribution < -0.4 is 9.80 Å². The fourth-order valence-electron chi connectivity index (χ4n) is 7.76. The minimum absolute atomic E-state index is 1.13. The normalized spacial score (nSPS) is 12.2. The molecule has 0 radical (unpaired) electrons. The fraction of sp³-hybridized carbons (Fsp3) is 0. The topological polar surface area (TPSA) is 6.48 Å². The molecule has 0 N–H and O–H groups in total. The quantitative estimate of drug-likeness (QED) is 0.169. The van der Waals surface area contributed by atoms with Crippen molar-refractivity contribution in [3.8, 4) is 0 Å². The van der Waals surface area contributed by atoms with Crippen molar-refractivity contribution in [2.75, 3.05) is 9.80 Å². The van der Waals surface area contributed by atoms with Crippen LogP contribution in [0.2, 0.25) is 0 Å². The van der Waals surface area contributed by atoms with Crippen LogP contribution in [-0.4, -0.2) is 0 Å². The standard InChI is InChI=1S/C50H34N2/c1-3-15-38(16-4-1)46(39-17-5-2-6-18-39)29-35-23-28-47-48(30-35)52(45-27-25-37-14-8-10-20-41(37)32-45)50-34-43-22-12-11-21-42(43)33-49(50)51(47)44-26-24-36-13-7-9-19-40(36)31-44/h1-34H. The van der Waals surface area contributed by atoms with Crippen LogP contribution in [0.15, 0.2) is 200 Å². The third-order valence-electron chi connectivity index (χ3n) is 10.3. The zero-order valence-electron chi connectivity index (χ0n) is 28.5. The van der Waals surface area contributed by atoms with Crippen molar-refractivity contribution in [3.05, 3.63) is 217 Å². The second kappa shape index (κ2) is 12.5. The first-order chi connectivity index (χ1) is 25.8. The number of rotatable bonds is 5. The maximum atomic E-state index is 2.46. The molecule has 9 aromatic rings. The fourth-order valence-corrected chi connectivity index (χ4v) is 7.76. The maximum Gasteiger partial charge on any atom is 0.0709 e. The van der Waals surface area contributed by atoms with E-state index in [-0.39, 0.29) is 0 Å². The van der Waals surface area contributed by atoms with Gasteiger partial charge in [-0.05, 0) is 109 Å². The summed E-state index contributed by atoms with van der Waals surface area (Å²) in [5.74, 6) is 0. The lowest BCUT2D eigenvalue weighted by Gasteiger charge is -2.41. The Kier molecular flexibility index (Phi) is 7.18. The molecule has 0 fully saturated rings. The van der Waals surface area contributed by atoms with E-state index in [2.05, 4.69) is 216 Å². The summed E-state index contributed by atoms with van der Waals surface area (Å²) in [6.45, 7) is 0. The van der Waals surface area contributed by atoms with Crippen molar-refractivity contribution in [2.45, 2.75) is 0 Å². The lowest BCUT2D eigenvalue weighted by Crippen LogP contribution is -2.24. The average Bonchev–Trinajstić information content (AvgIpc) is 3.21. The van der Waals surface area contributed by atoms with Crippen LogP contribution in [0.4, 0.5) is 34.1 Å². The van der Waals surface area contributed by atoms with Crippen molar-refractivity contribution < 1.29 is 0 Å². The van der Waals surface area contributed by atoms with Gasteiger partial charge in [-0.2, -0.15) is 0 Å². The molecule has 0 aromatic heterocycles. The highest BCUT2D eigenvalue weighted by atomic mass is 15.3. The van der Waals surface area contributed by atoms with Gasteiger partial charge in [0.05, 0.1) is 22.7 Å². The number of benzene rings is 9. The summed E-state index contributed by atoms with van der Waals surface area (Å²) < 4.78 is 0. The lowest BCUT2D eigenvalue weighted by atomic mass is 9.94. The molecule has 9 aromatic carbocycles. The SMILES string of the molecule is C(=C(c1ccccc1)c1ccccc1)c1ccc2c(c1)N(c1ccc3ccccc3c1)c1cc3ccccc3cc1N2c1ccc2ccccc2c1. The maximum absolute atomic E-state index is 2.46. The highest BCUT2D eigenvalue weighted by molar-refractivity contribution is 6.08. The summed E-state index contributed by atoms with van der Waals surface area (Å²) in [6.07, 6.45) is 2.33. The average molecular weight is 663 g/mol. The smallest absolute Gasteiger partial charge is 0.0709 e. The molecule has 0 saturated heterocycles. The molecule has 2 heteroatoms. The number of fused-ring (bicyclic) bond motifs is 5. The van der Waals surface area contributed by atoms with Crippen LogP contribution in [0, 0.1) is 0 Å². The molecule has 0 saturated carbocycles. The Balaban J connectivity index is 1.25. The first kappa shape index (κ1) is 30.0. The van der Waals surface area contributed by atoms with E-state index in [4.69, 9.17) is 0 Å². The number of hydrogen-bond donors (Lipinski definition) is 0. The molecule has 0 bridgehead atoms. The van der Waals surface area contributed by atoms with Gasteiger partial charge in [-0.1, -0.05) is 152 Å². The monoisotopic (exact) mass is 662 g/mol. The molecule has 1 aliphatic heterocycles. The summed E-state index contributed by atoms with van der Waals surface area (Å²) in [7, 11) is 0. The Bertz CT molecular complexity index is 2760. The van der Waals surface area contributed by atoms with Crippen LogP contribution in [0.1, 0.15) is 16.7 Å². The molecule has 0 unspecified atom stereocenters. The van der Waals surface area contributed by atoms with E-state index in [9.17, 15) is 0 Å². The minimum atomic E-state index is 1.13. The Labute approximate surface area is 303 Å². The van der Waals surface area contributed by atoms with Gasteiger partial charge in [0.15, 0.2) is 0 Å². The summed E-state index contributed by atoms with van der Waals surface area (Å²) in [5.41, 5.74) is 11.5. The molecule has 2 nitrogen and oxygen atoms in total. The predicted octanol–water partition coefficient (Wildman–Crippen LogP) is 14.0. The number of hydrogen-bond acceptors (Lipinski definition) is 2. The van der Waals surface area contributed by atoms with Gasteiger partial charge < -0.3 is 9.80 Å². The van der Waals surface area contributed by atoms with Gasteiger partial charge in [-0.25, -0.2) is 0 Å². The highest BCUT2D eigenvalue weighted by Crippen LogP contribution is 2.56. The van der Waals surface area contributed by atoms with Gasteiger partial charge in [0.25, 0.3) is 0 Å². The summed E-state index contributed by atoms with van der Waals surface area (Å²) in [6, 6.07) is 72.6. The molecule has 0 atom stereocenters. The van der Waals surface area contributed by atoms with Crippen LogP contribution in [0.3, 0.4) is 0 Å². The van der Waals surface area contributed by atoms with Crippen LogP contribution in [-0.2, 0) is 0 Å². The van der Waals surface area contributed by atoms with E-state index in [0.29, 0.717) is 0 Å². The molecule has 52 heavy (non-hydrogen) atoms. The number of nitrogens with zero attached hydrogens (tertiary/aromatic N) is 2. The summed E-state index contributed by atoms with van der Waals surface area (Å²) >= 11 is 0. The Morgan fingerprint density at radius 2 is 0.712 bits per heavy atom. The molecule has 1 heterocycles. The second-order valence-corrected chi connectivity index (χ2v) is 13.5. The molecule has 0 spiro atoms. The van der Waals surface area contributed by atoms with E-state index in [1.807, 2.05) is 0 Å². The van der Waals surface area contributed by atoms with Crippen molar-refractivity contribution >= 4 is 78.1 Å². The van der Waals surface area contributed by atoms with Gasteiger partial charge in [0.2, 0.25) is 0 Å². The van der Waals surface area contributed by atoms with Crippen molar-refractivity contribution in [1.82, 2.24) is 0 Å². The zero-order chi connectivity index (χ0) is 34.4. The summed E-state index contributed by atoms with van der Waals surface area (Å²) in [5, 5.41) is 7.31. The van der Waals surface area contributed by atoms with E-state index in [0.717, 1.165) is 39.7 Å². The van der Waals surface area contributed by atoms with Crippen molar-refractivity contribution in [2.24, 2.45) is 0 Å². The molecule has 0 aliphatic carbocycles. The van der Waals surface area contributed by atoms with E-state index < -0.39 is 0 Å². The van der Waals surface area contributed by atoms with Crippen molar-refractivity contribution in [3.63, 3.8) is 0 Å².